The van der Waals surface area contributed by atoms with Gasteiger partial charge in [-0.05, 0) is 36.5 Å². The Hall–Kier alpha value is -1.84. The number of hydrogen-bond acceptors (Lipinski definition) is 2. The van der Waals surface area contributed by atoms with Gasteiger partial charge in [0.15, 0.2) is 0 Å². The SMILES string of the molecule is CCCCCCCc1c(CCC)ccc(C(=O)O)c1C(=O)O. The maximum atomic E-state index is 11.6. The van der Waals surface area contributed by atoms with Crippen molar-refractivity contribution in [1.29, 1.82) is 0 Å². The Morgan fingerprint density at radius 2 is 1.55 bits per heavy atom. The van der Waals surface area contributed by atoms with Crippen LogP contribution in [-0.2, 0) is 12.8 Å². The minimum absolute atomic E-state index is 0.0195. The molecule has 0 aliphatic carbocycles. The van der Waals surface area contributed by atoms with Gasteiger partial charge in [0, 0.05) is 0 Å². The van der Waals surface area contributed by atoms with Crippen molar-refractivity contribution < 1.29 is 19.8 Å². The number of carboxylic acids is 2. The number of benzene rings is 1. The molecule has 1 aromatic carbocycles. The zero-order valence-corrected chi connectivity index (χ0v) is 13.5. The summed E-state index contributed by atoms with van der Waals surface area (Å²) < 4.78 is 0. The van der Waals surface area contributed by atoms with Crippen LogP contribution in [0.2, 0.25) is 0 Å². The highest BCUT2D eigenvalue weighted by Gasteiger charge is 2.22. The molecule has 0 fully saturated rings. The summed E-state index contributed by atoms with van der Waals surface area (Å²) in [5.41, 5.74) is 1.57. The first kappa shape index (κ1) is 18.2. The van der Waals surface area contributed by atoms with Gasteiger partial charge in [0.25, 0.3) is 0 Å². The van der Waals surface area contributed by atoms with Crippen LogP contribution < -0.4 is 0 Å². The molecule has 1 aromatic rings. The van der Waals surface area contributed by atoms with Crippen LogP contribution in [0.25, 0.3) is 0 Å². The lowest BCUT2D eigenvalue weighted by molar-refractivity contribution is 0.0650. The van der Waals surface area contributed by atoms with Gasteiger partial charge in [-0.15, -0.1) is 0 Å². The van der Waals surface area contributed by atoms with E-state index in [9.17, 15) is 19.8 Å². The first-order valence-corrected chi connectivity index (χ1v) is 8.14. The van der Waals surface area contributed by atoms with Crippen LogP contribution in [0.15, 0.2) is 12.1 Å². The van der Waals surface area contributed by atoms with Crippen molar-refractivity contribution in [2.24, 2.45) is 0 Å². The predicted octanol–water partition coefficient (Wildman–Crippen LogP) is 4.55. The predicted molar refractivity (Wildman–Crippen MR) is 86.8 cm³/mol. The van der Waals surface area contributed by atoms with Gasteiger partial charge in [-0.3, -0.25) is 0 Å². The largest absolute Gasteiger partial charge is 0.478 e. The number of rotatable bonds is 10. The van der Waals surface area contributed by atoms with Crippen molar-refractivity contribution in [3.05, 3.63) is 34.4 Å². The van der Waals surface area contributed by atoms with Crippen LogP contribution in [0.4, 0.5) is 0 Å². The molecule has 1 rings (SSSR count). The highest BCUT2D eigenvalue weighted by atomic mass is 16.4. The zero-order chi connectivity index (χ0) is 16.5. The third-order valence-corrected chi connectivity index (χ3v) is 3.90. The fourth-order valence-electron chi connectivity index (χ4n) is 2.81. The molecule has 0 unspecified atom stereocenters. The Kier molecular flexibility index (Phi) is 7.64. The van der Waals surface area contributed by atoms with Crippen molar-refractivity contribution in [2.75, 3.05) is 0 Å². The van der Waals surface area contributed by atoms with Crippen molar-refractivity contribution in [2.45, 2.75) is 65.2 Å². The third kappa shape index (κ3) is 4.86. The first-order chi connectivity index (χ1) is 10.5. The van der Waals surface area contributed by atoms with Gasteiger partial charge in [-0.1, -0.05) is 52.0 Å². The van der Waals surface area contributed by atoms with Gasteiger partial charge in [0.2, 0.25) is 0 Å². The average Bonchev–Trinajstić information content (AvgIpc) is 2.47. The van der Waals surface area contributed by atoms with Gasteiger partial charge in [-0.25, -0.2) is 9.59 Å². The standard InChI is InChI=1S/C18H26O4/c1-3-5-6-7-8-10-14-13(9-4-2)11-12-15(17(19)20)16(14)18(21)22/h11-12H,3-10H2,1-2H3,(H,19,20)(H,21,22). The summed E-state index contributed by atoms with van der Waals surface area (Å²) in [6, 6.07) is 3.21. The van der Waals surface area contributed by atoms with Gasteiger partial charge in [-0.2, -0.15) is 0 Å². The Bertz CT molecular complexity index is 520. The molecule has 4 nitrogen and oxygen atoms in total. The Labute approximate surface area is 132 Å². The molecule has 122 valence electrons. The molecule has 0 heterocycles. The highest BCUT2D eigenvalue weighted by molar-refractivity contribution is 6.03. The summed E-state index contributed by atoms with van der Waals surface area (Å²) in [6.07, 6.45) is 7.77. The molecular weight excluding hydrogens is 280 g/mol. The molecule has 2 N–H and O–H groups in total. The number of carbonyl (C=O) groups is 2. The fraction of sp³-hybridized carbons (Fsp3) is 0.556. The number of carboxylic acid groups (broad SMARTS) is 2. The first-order valence-electron chi connectivity index (χ1n) is 8.14. The maximum absolute atomic E-state index is 11.6. The average molecular weight is 306 g/mol. The van der Waals surface area contributed by atoms with Crippen molar-refractivity contribution >= 4 is 11.9 Å². The third-order valence-electron chi connectivity index (χ3n) is 3.90. The van der Waals surface area contributed by atoms with Crippen LogP contribution >= 0.6 is 0 Å². The van der Waals surface area contributed by atoms with E-state index in [0.29, 0.717) is 12.0 Å². The quantitative estimate of drug-likeness (QED) is 0.622. The van der Waals surface area contributed by atoms with Gasteiger partial charge < -0.3 is 10.2 Å². The number of aryl methyl sites for hydroxylation is 1. The topological polar surface area (TPSA) is 74.6 Å². The van der Waals surface area contributed by atoms with Crippen molar-refractivity contribution in [3.8, 4) is 0 Å². The molecule has 0 radical (unpaired) electrons. The fourth-order valence-corrected chi connectivity index (χ4v) is 2.81. The summed E-state index contributed by atoms with van der Waals surface area (Å²) in [5.74, 6) is -2.31. The normalized spacial score (nSPS) is 10.6. The summed E-state index contributed by atoms with van der Waals surface area (Å²) >= 11 is 0. The summed E-state index contributed by atoms with van der Waals surface area (Å²) in [7, 11) is 0. The molecule has 0 bridgehead atoms. The Balaban J connectivity index is 3.08. The second kappa shape index (κ2) is 9.23. The smallest absolute Gasteiger partial charge is 0.336 e. The number of hydrogen-bond donors (Lipinski definition) is 2. The van der Waals surface area contributed by atoms with Gasteiger partial charge in [0.1, 0.15) is 0 Å². The summed E-state index contributed by atoms with van der Waals surface area (Å²) in [5, 5.41) is 18.7. The summed E-state index contributed by atoms with van der Waals surface area (Å²) in [4.78, 5) is 22.9. The molecule has 0 aromatic heterocycles. The minimum Gasteiger partial charge on any atom is -0.478 e. The molecule has 0 spiro atoms. The van der Waals surface area contributed by atoms with Crippen LogP contribution in [0, 0.1) is 0 Å². The second-order valence-electron chi connectivity index (χ2n) is 5.65. The molecule has 22 heavy (non-hydrogen) atoms. The van der Waals surface area contributed by atoms with Crippen LogP contribution in [-0.4, -0.2) is 22.2 Å². The van der Waals surface area contributed by atoms with Gasteiger partial charge in [0.05, 0.1) is 11.1 Å². The van der Waals surface area contributed by atoms with Crippen LogP contribution in [0.1, 0.15) is 84.2 Å². The molecule has 0 aliphatic rings. The van der Waals surface area contributed by atoms with E-state index in [4.69, 9.17) is 0 Å². The Morgan fingerprint density at radius 3 is 2.09 bits per heavy atom. The summed E-state index contributed by atoms with van der Waals surface area (Å²) in [6.45, 7) is 4.19. The minimum atomic E-state index is -1.17. The van der Waals surface area contributed by atoms with E-state index < -0.39 is 11.9 Å². The van der Waals surface area contributed by atoms with E-state index >= 15 is 0 Å². The van der Waals surface area contributed by atoms with E-state index in [0.717, 1.165) is 44.1 Å². The molecule has 0 amide bonds. The van der Waals surface area contributed by atoms with Crippen molar-refractivity contribution in [1.82, 2.24) is 0 Å². The lowest BCUT2D eigenvalue weighted by Crippen LogP contribution is -2.14. The lowest BCUT2D eigenvalue weighted by Gasteiger charge is -2.14. The molecule has 0 aliphatic heterocycles. The molecule has 4 heteroatoms. The van der Waals surface area contributed by atoms with Crippen molar-refractivity contribution in [3.63, 3.8) is 0 Å². The van der Waals surface area contributed by atoms with Crippen LogP contribution in [0.3, 0.4) is 0 Å². The molecule has 0 atom stereocenters. The second-order valence-corrected chi connectivity index (χ2v) is 5.65. The maximum Gasteiger partial charge on any atom is 0.336 e. The molecular formula is C18H26O4. The van der Waals surface area contributed by atoms with E-state index in [-0.39, 0.29) is 11.1 Å². The Morgan fingerprint density at radius 1 is 0.864 bits per heavy atom. The number of aromatic carboxylic acids is 2. The molecule has 0 saturated heterocycles. The zero-order valence-electron chi connectivity index (χ0n) is 13.5. The van der Waals surface area contributed by atoms with Crippen LogP contribution in [0.5, 0.6) is 0 Å². The van der Waals surface area contributed by atoms with E-state index in [1.807, 2.05) is 6.92 Å². The highest BCUT2D eigenvalue weighted by Crippen LogP contribution is 2.24. The van der Waals surface area contributed by atoms with E-state index in [1.54, 1.807) is 6.07 Å². The monoisotopic (exact) mass is 306 g/mol. The lowest BCUT2D eigenvalue weighted by atomic mass is 9.90. The molecule has 0 saturated carbocycles. The van der Waals surface area contributed by atoms with Gasteiger partial charge >= 0.3 is 11.9 Å². The van der Waals surface area contributed by atoms with E-state index in [2.05, 4.69) is 6.92 Å². The van der Waals surface area contributed by atoms with E-state index in [1.165, 1.54) is 12.5 Å². The number of unbranched alkanes of at least 4 members (excludes halogenated alkanes) is 4.